The van der Waals surface area contributed by atoms with Crippen LogP contribution in [0.15, 0.2) is 49.2 Å². The molecule has 0 N–H and O–H groups in total. The first-order valence-electron chi connectivity index (χ1n) is 10.7. The Balaban J connectivity index is 1.82. The van der Waals surface area contributed by atoms with Crippen molar-refractivity contribution in [2.75, 3.05) is 13.7 Å². The molecule has 1 saturated carbocycles. The largest absolute Gasteiger partial charge is 0.493 e. The number of aromatic nitrogens is 2. The highest BCUT2D eigenvalue weighted by molar-refractivity contribution is 9.13. The summed E-state index contributed by atoms with van der Waals surface area (Å²) in [5.74, 6) is 1.75. The van der Waals surface area contributed by atoms with Crippen LogP contribution in [0.5, 0.6) is 11.5 Å². The fourth-order valence-electron chi connectivity index (χ4n) is 4.09. The predicted octanol–water partition coefficient (Wildman–Crippen LogP) is 5.76. The Hall–Kier alpha value is -2.70. The van der Waals surface area contributed by atoms with E-state index >= 15 is 0 Å². The highest BCUT2D eigenvalue weighted by Gasteiger charge is 2.23. The second-order valence-corrected chi connectivity index (χ2v) is 9.34. The van der Waals surface area contributed by atoms with E-state index in [4.69, 9.17) is 19.7 Å². The van der Waals surface area contributed by atoms with Gasteiger partial charge in [-0.15, -0.1) is 0 Å². The number of hydrogen-bond acceptors (Lipinski definition) is 6. The molecule has 33 heavy (non-hydrogen) atoms. The standard InChI is InChI=1S/C24H22Br2N4O3/c1-32-19-13-16(20(25)21(26)22(19)33-12-11-27)14-28-30-23(15-7-3-2-4-8-15)29-18-10-6-5-9-17(18)24(30)31/h5-6,9-10,13-15H,2-4,7-8,12H2,1H3. The van der Waals surface area contributed by atoms with Gasteiger partial charge in [-0.2, -0.15) is 15.0 Å². The molecule has 0 spiro atoms. The summed E-state index contributed by atoms with van der Waals surface area (Å²) in [5, 5.41) is 14.0. The summed E-state index contributed by atoms with van der Waals surface area (Å²) in [6.07, 6.45) is 7.05. The van der Waals surface area contributed by atoms with Crippen molar-refractivity contribution < 1.29 is 9.47 Å². The molecule has 2 aromatic carbocycles. The third kappa shape index (κ3) is 4.82. The lowest BCUT2D eigenvalue weighted by molar-refractivity contribution is 0.327. The number of para-hydroxylation sites is 1. The first kappa shape index (κ1) is 23.5. The molecule has 7 nitrogen and oxygen atoms in total. The van der Waals surface area contributed by atoms with Crippen LogP contribution in [0.25, 0.3) is 10.9 Å². The Labute approximate surface area is 208 Å². The van der Waals surface area contributed by atoms with E-state index < -0.39 is 0 Å². The van der Waals surface area contributed by atoms with E-state index in [0.29, 0.717) is 42.7 Å². The van der Waals surface area contributed by atoms with Crippen LogP contribution in [0.3, 0.4) is 0 Å². The Bertz CT molecular complexity index is 1310. The first-order chi connectivity index (χ1) is 16.0. The predicted molar refractivity (Wildman–Crippen MR) is 134 cm³/mol. The minimum atomic E-state index is -0.187. The highest BCUT2D eigenvalue weighted by atomic mass is 79.9. The lowest BCUT2D eigenvalue weighted by atomic mass is 9.88. The number of nitrogens with zero attached hydrogens (tertiary/aromatic N) is 4. The number of methoxy groups -OCH3 is 1. The van der Waals surface area contributed by atoms with Crippen molar-refractivity contribution in [1.82, 2.24) is 9.66 Å². The van der Waals surface area contributed by atoms with Gasteiger partial charge < -0.3 is 9.47 Å². The number of rotatable bonds is 6. The molecule has 0 unspecified atom stereocenters. The summed E-state index contributed by atoms with van der Waals surface area (Å²) in [4.78, 5) is 18.2. The first-order valence-corrected chi connectivity index (χ1v) is 12.3. The molecule has 1 heterocycles. The molecule has 1 fully saturated rings. The van der Waals surface area contributed by atoms with Crippen molar-refractivity contribution >= 4 is 49.0 Å². The minimum Gasteiger partial charge on any atom is -0.493 e. The van der Waals surface area contributed by atoms with Crippen LogP contribution in [0, 0.1) is 11.3 Å². The quantitative estimate of drug-likeness (QED) is 0.350. The average molecular weight is 574 g/mol. The molecule has 1 aromatic heterocycles. The molecule has 0 atom stereocenters. The maximum atomic E-state index is 13.4. The van der Waals surface area contributed by atoms with Crippen LogP contribution < -0.4 is 15.0 Å². The van der Waals surface area contributed by atoms with Gasteiger partial charge in [0, 0.05) is 16.0 Å². The molecule has 4 rings (SSSR count). The van der Waals surface area contributed by atoms with Gasteiger partial charge in [0.15, 0.2) is 18.1 Å². The van der Waals surface area contributed by atoms with E-state index in [1.165, 1.54) is 18.2 Å². The van der Waals surface area contributed by atoms with E-state index in [9.17, 15) is 4.79 Å². The third-order valence-electron chi connectivity index (χ3n) is 5.72. The fraction of sp³-hybridized carbons (Fsp3) is 0.333. The Morgan fingerprint density at radius 1 is 1.24 bits per heavy atom. The van der Waals surface area contributed by atoms with Crippen molar-refractivity contribution in [3.63, 3.8) is 0 Å². The van der Waals surface area contributed by atoms with Crippen LogP contribution in [0.4, 0.5) is 0 Å². The lowest BCUT2D eigenvalue weighted by Crippen LogP contribution is -2.25. The molecule has 3 aromatic rings. The minimum absolute atomic E-state index is 0.113. The molecule has 170 valence electrons. The molecule has 9 heteroatoms. The van der Waals surface area contributed by atoms with Crippen molar-refractivity contribution in [3.05, 3.63) is 61.0 Å². The molecule has 0 amide bonds. The molecular weight excluding hydrogens is 552 g/mol. The Kier molecular flexibility index (Phi) is 7.46. The van der Waals surface area contributed by atoms with Gasteiger partial charge in [0.1, 0.15) is 11.9 Å². The number of nitriles is 1. The van der Waals surface area contributed by atoms with E-state index in [0.717, 1.165) is 25.7 Å². The van der Waals surface area contributed by atoms with Gasteiger partial charge in [-0.1, -0.05) is 31.4 Å². The molecule has 1 aliphatic rings. The third-order valence-corrected chi connectivity index (χ3v) is 7.86. The van der Waals surface area contributed by atoms with Gasteiger partial charge in [0.2, 0.25) is 0 Å². The molecular formula is C24H22Br2N4O3. The number of halogens is 2. The van der Waals surface area contributed by atoms with Crippen molar-refractivity contribution in [3.8, 4) is 17.6 Å². The van der Waals surface area contributed by atoms with Crippen LogP contribution in [-0.4, -0.2) is 29.6 Å². The van der Waals surface area contributed by atoms with Crippen molar-refractivity contribution in [1.29, 1.82) is 5.26 Å². The van der Waals surface area contributed by atoms with E-state index in [2.05, 4.69) is 37.0 Å². The lowest BCUT2D eigenvalue weighted by Gasteiger charge is -2.22. The number of ether oxygens (including phenoxy) is 2. The summed E-state index contributed by atoms with van der Waals surface area (Å²) in [7, 11) is 1.52. The zero-order valence-electron chi connectivity index (χ0n) is 18.1. The van der Waals surface area contributed by atoms with Gasteiger partial charge in [-0.05, 0) is 62.9 Å². The fourth-order valence-corrected chi connectivity index (χ4v) is 5.02. The van der Waals surface area contributed by atoms with Crippen LogP contribution in [0.2, 0.25) is 0 Å². The summed E-state index contributed by atoms with van der Waals surface area (Å²) in [6.45, 7) is -0.113. The van der Waals surface area contributed by atoms with Crippen molar-refractivity contribution in [2.24, 2.45) is 5.10 Å². The number of benzene rings is 2. The number of hydrogen-bond donors (Lipinski definition) is 0. The van der Waals surface area contributed by atoms with Gasteiger partial charge in [0.25, 0.3) is 5.56 Å². The maximum absolute atomic E-state index is 13.4. The molecule has 0 bridgehead atoms. The normalized spacial score (nSPS) is 14.5. The summed E-state index contributed by atoms with van der Waals surface area (Å²) < 4.78 is 13.6. The van der Waals surface area contributed by atoms with E-state index in [1.807, 2.05) is 24.3 Å². The van der Waals surface area contributed by atoms with Crippen LogP contribution in [-0.2, 0) is 0 Å². The van der Waals surface area contributed by atoms with E-state index in [1.54, 1.807) is 18.3 Å². The molecule has 0 saturated heterocycles. The SMILES string of the molecule is COc1cc(C=Nn2c(C3CCCCC3)nc3ccccc3c2=O)c(Br)c(Br)c1OCC#N. The molecule has 0 radical (unpaired) electrons. The summed E-state index contributed by atoms with van der Waals surface area (Å²) in [5.41, 5.74) is 1.19. The van der Waals surface area contributed by atoms with E-state index in [-0.39, 0.29) is 18.1 Å². The Morgan fingerprint density at radius 3 is 2.73 bits per heavy atom. The Morgan fingerprint density at radius 2 is 2.00 bits per heavy atom. The molecule has 0 aliphatic heterocycles. The average Bonchev–Trinajstić information content (AvgIpc) is 2.85. The second-order valence-electron chi connectivity index (χ2n) is 7.76. The van der Waals surface area contributed by atoms with Crippen molar-refractivity contribution in [2.45, 2.75) is 38.0 Å². The topological polar surface area (TPSA) is 89.5 Å². The number of fused-ring (bicyclic) bond motifs is 1. The van der Waals surface area contributed by atoms with Gasteiger partial charge in [-0.25, -0.2) is 4.98 Å². The zero-order chi connectivity index (χ0) is 23.4. The van der Waals surface area contributed by atoms with Gasteiger partial charge >= 0.3 is 0 Å². The van der Waals surface area contributed by atoms with Crippen LogP contribution in [0.1, 0.15) is 49.4 Å². The summed E-state index contributed by atoms with van der Waals surface area (Å²) in [6, 6.07) is 11.1. The second kappa shape index (κ2) is 10.5. The monoisotopic (exact) mass is 572 g/mol. The zero-order valence-corrected chi connectivity index (χ0v) is 21.2. The summed E-state index contributed by atoms with van der Waals surface area (Å²) >= 11 is 7.05. The molecule has 1 aliphatic carbocycles. The van der Waals surface area contributed by atoms with Gasteiger partial charge in [0.05, 0.1) is 28.7 Å². The maximum Gasteiger partial charge on any atom is 0.282 e. The highest BCUT2D eigenvalue weighted by Crippen LogP contribution is 2.42. The smallest absolute Gasteiger partial charge is 0.282 e. The van der Waals surface area contributed by atoms with Gasteiger partial charge in [-0.3, -0.25) is 4.79 Å². The van der Waals surface area contributed by atoms with Crippen LogP contribution >= 0.6 is 31.9 Å².